The van der Waals surface area contributed by atoms with Crippen molar-refractivity contribution in [3.05, 3.63) is 70.3 Å². The number of fused-ring (bicyclic) bond motifs is 1. The van der Waals surface area contributed by atoms with Gasteiger partial charge in [-0.1, -0.05) is 6.07 Å². The largest absolute Gasteiger partial charge is 0.426 e. The highest BCUT2D eigenvalue weighted by molar-refractivity contribution is 5.76. The second-order valence-corrected chi connectivity index (χ2v) is 6.17. The van der Waals surface area contributed by atoms with Gasteiger partial charge in [0.15, 0.2) is 11.2 Å². The first-order valence-electron chi connectivity index (χ1n) is 8.30. The summed E-state index contributed by atoms with van der Waals surface area (Å²) in [5.74, 6) is -0.183. The summed E-state index contributed by atoms with van der Waals surface area (Å²) in [5.41, 5.74) is -0.775. The molecule has 0 unspecified atom stereocenters. The Labute approximate surface area is 160 Å². The SMILES string of the molecule is Cn1c(-c2ccc(F)cc2)nc2c(=O)[nH]c(Oc3cccc(C(F)(F)F)c3)nc21. The van der Waals surface area contributed by atoms with E-state index in [1.165, 1.54) is 41.0 Å². The lowest BCUT2D eigenvalue weighted by Crippen LogP contribution is -2.10. The molecule has 2 aromatic carbocycles. The van der Waals surface area contributed by atoms with E-state index < -0.39 is 23.1 Å². The number of H-pyrrole nitrogens is 1. The molecule has 0 aliphatic carbocycles. The average Bonchev–Trinajstić information content (AvgIpc) is 2.99. The van der Waals surface area contributed by atoms with Crippen LogP contribution >= 0.6 is 0 Å². The van der Waals surface area contributed by atoms with E-state index in [1.807, 2.05) is 0 Å². The third-order valence-corrected chi connectivity index (χ3v) is 4.19. The molecule has 0 aliphatic heterocycles. The van der Waals surface area contributed by atoms with Crippen molar-refractivity contribution in [2.24, 2.45) is 7.05 Å². The number of rotatable bonds is 3. The lowest BCUT2D eigenvalue weighted by Gasteiger charge is -2.09. The fraction of sp³-hybridized carbons (Fsp3) is 0.105. The van der Waals surface area contributed by atoms with Crippen molar-refractivity contribution < 1.29 is 22.3 Å². The second-order valence-electron chi connectivity index (χ2n) is 6.17. The number of imidazole rings is 1. The van der Waals surface area contributed by atoms with Crippen molar-refractivity contribution in [2.75, 3.05) is 0 Å². The smallest absolute Gasteiger partial charge is 0.416 e. The minimum atomic E-state index is -4.53. The number of alkyl halides is 3. The van der Waals surface area contributed by atoms with Crippen LogP contribution in [0, 0.1) is 5.82 Å². The Kier molecular flexibility index (Phi) is 4.33. The van der Waals surface area contributed by atoms with E-state index in [0.717, 1.165) is 12.1 Å². The van der Waals surface area contributed by atoms with Crippen molar-refractivity contribution in [1.82, 2.24) is 19.5 Å². The van der Waals surface area contributed by atoms with Gasteiger partial charge in [-0.25, -0.2) is 9.37 Å². The van der Waals surface area contributed by atoms with Crippen LogP contribution in [0.1, 0.15) is 5.56 Å². The predicted molar refractivity (Wildman–Crippen MR) is 96.0 cm³/mol. The summed E-state index contributed by atoms with van der Waals surface area (Å²) in [4.78, 5) is 23.1. The first-order chi connectivity index (χ1) is 13.7. The van der Waals surface area contributed by atoms with Crippen molar-refractivity contribution in [1.29, 1.82) is 0 Å². The maximum atomic E-state index is 13.2. The zero-order chi connectivity index (χ0) is 20.8. The summed E-state index contributed by atoms with van der Waals surface area (Å²) >= 11 is 0. The third-order valence-electron chi connectivity index (χ3n) is 4.19. The molecule has 0 atom stereocenters. The number of benzene rings is 2. The van der Waals surface area contributed by atoms with E-state index in [-0.39, 0.29) is 22.9 Å². The first-order valence-corrected chi connectivity index (χ1v) is 8.30. The number of hydrogen-bond donors (Lipinski definition) is 1. The molecule has 0 saturated heterocycles. The molecule has 2 heterocycles. The van der Waals surface area contributed by atoms with E-state index in [2.05, 4.69) is 15.0 Å². The number of halogens is 4. The molecule has 0 amide bonds. The number of nitrogens with zero attached hydrogens (tertiary/aromatic N) is 3. The lowest BCUT2D eigenvalue weighted by atomic mass is 10.2. The Bertz CT molecular complexity index is 1260. The lowest BCUT2D eigenvalue weighted by molar-refractivity contribution is -0.137. The van der Waals surface area contributed by atoms with Crippen LogP contribution in [0.2, 0.25) is 0 Å². The fourth-order valence-corrected chi connectivity index (χ4v) is 2.80. The highest BCUT2D eigenvalue weighted by atomic mass is 19.4. The van der Waals surface area contributed by atoms with Gasteiger partial charge < -0.3 is 9.30 Å². The van der Waals surface area contributed by atoms with Gasteiger partial charge in [0.1, 0.15) is 17.4 Å². The standard InChI is InChI=1S/C19H12F4N4O2/c1-27-15(10-5-7-12(20)8-6-10)24-14-16(27)25-18(26-17(14)28)29-13-4-2-3-11(9-13)19(21,22)23/h2-9H,1H3,(H,25,26,28). The van der Waals surface area contributed by atoms with Crippen LogP contribution in [0.4, 0.5) is 17.6 Å². The van der Waals surface area contributed by atoms with Gasteiger partial charge in [-0.05, 0) is 42.5 Å². The van der Waals surface area contributed by atoms with Crippen LogP contribution in [0.25, 0.3) is 22.6 Å². The van der Waals surface area contributed by atoms with E-state index in [4.69, 9.17) is 4.74 Å². The van der Waals surface area contributed by atoms with Crippen LogP contribution in [0.5, 0.6) is 11.8 Å². The zero-order valence-electron chi connectivity index (χ0n) is 14.8. The summed E-state index contributed by atoms with van der Waals surface area (Å²) in [6.45, 7) is 0. The Hall–Kier alpha value is -3.69. The maximum Gasteiger partial charge on any atom is 0.416 e. The Morgan fingerprint density at radius 2 is 1.79 bits per heavy atom. The van der Waals surface area contributed by atoms with Gasteiger partial charge in [-0.3, -0.25) is 9.78 Å². The quantitative estimate of drug-likeness (QED) is 0.518. The van der Waals surface area contributed by atoms with E-state index in [0.29, 0.717) is 11.4 Å². The summed E-state index contributed by atoms with van der Waals surface area (Å²) in [5, 5.41) is 0. The molecule has 0 aliphatic rings. The van der Waals surface area contributed by atoms with Gasteiger partial charge >= 0.3 is 12.2 Å². The number of aryl methyl sites for hydroxylation is 1. The molecular weight excluding hydrogens is 392 g/mol. The third kappa shape index (κ3) is 3.56. The Balaban J connectivity index is 1.75. The molecule has 4 aromatic rings. The van der Waals surface area contributed by atoms with E-state index in [1.54, 1.807) is 7.05 Å². The van der Waals surface area contributed by atoms with Crippen LogP contribution in [0.15, 0.2) is 53.3 Å². The topological polar surface area (TPSA) is 72.8 Å². The monoisotopic (exact) mass is 404 g/mol. The number of aromatic nitrogens is 4. The summed E-state index contributed by atoms with van der Waals surface area (Å²) in [6.07, 6.45) is -4.53. The second kappa shape index (κ2) is 6.73. The minimum absolute atomic E-state index is 0.0169. The molecule has 0 radical (unpaired) electrons. The Morgan fingerprint density at radius 1 is 1.07 bits per heavy atom. The number of ether oxygens (including phenoxy) is 1. The van der Waals surface area contributed by atoms with E-state index >= 15 is 0 Å². The van der Waals surface area contributed by atoms with Crippen LogP contribution in [-0.2, 0) is 13.2 Å². The van der Waals surface area contributed by atoms with Crippen molar-refractivity contribution in [2.45, 2.75) is 6.18 Å². The molecule has 0 saturated carbocycles. The van der Waals surface area contributed by atoms with Gasteiger partial charge in [0, 0.05) is 12.6 Å². The normalized spacial score (nSPS) is 11.8. The number of nitrogens with one attached hydrogen (secondary N) is 1. The van der Waals surface area contributed by atoms with Crippen LogP contribution in [-0.4, -0.2) is 19.5 Å². The number of hydrogen-bond acceptors (Lipinski definition) is 4. The highest BCUT2D eigenvalue weighted by Crippen LogP contribution is 2.32. The molecule has 148 valence electrons. The Morgan fingerprint density at radius 3 is 2.48 bits per heavy atom. The highest BCUT2D eigenvalue weighted by Gasteiger charge is 2.30. The summed E-state index contributed by atoms with van der Waals surface area (Å²) in [7, 11) is 1.61. The first kappa shape index (κ1) is 18.7. The number of aromatic amines is 1. The molecule has 6 nitrogen and oxygen atoms in total. The molecule has 29 heavy (non-hydrogen) atoms. The van der Waals surface area contributed by atoms with Gasteiger partial charge in [-0.2, -0.15) is 18.2 Å². The average molecular weight is 404 g/mol. The minimum Gasteiger partial charge on any atom is -0.426 e. The zero-order valence-corrected chi connectivity index (χ0v) is 14.8. The molecule has 0 fully saturated rings. The molecule has 0 spiro atoms. The molecule has 2 aromatic heterocycles. The predicted octanol–water partition coefficient (Wildman–Crippen LogP) is 4.27. The molecular formula is C19H12F4N4O2. The summed E-state index contributed by atoms with van der Waals surface area (Å²) in [6, 6.07) is 9.45. The van der Waals surface area contributed by atoms with Crippen molar-refractivity contribution >= 4 is 11.2 Å². The molecule has 0 bridgehead atoms. The van der Waals surface area contributed by atoms with Gasteiger partial charge in [0.2, 0.25) is 0 Å². The molecule has 1 N–H and O–H groups in total. The van der Waals surface area contributed by atoms with Gasteiger partial charge in [-0.15, -0.1) is 0 Å². The maximum absolute atomic E-state index is 13.2. The fourth-order valence-electron chi connectivity index (χ4n) is 2.80. The molecule has 10 heteroatoms. The van der Waals surface area contributed by atoms with Gasteiger partial charge in [0.25, 0.3) is 5.56 Å². The van der Waals surface area contributed by atoms with Gasteiger partial charge in [0.05, 0.1) is 5.56 Å². The molecule has 4 rings (SSSR count). The van der Waals surface area contributed by atoms with Crippen LogP contribution < -0.4 is 10.3 Å². The van der Waals surface area contributed by atoms with Crippen LogP contribution in [0.3, 0.4) is 0 Å². The summed E-state index contributed by atoms with van der Waals surface area (Å²) < 4.78 is 58.6. The van der Waals surface area contributed by atoms with Crippen molar-refractivity contribution in [3.8, 4) is 23.1 Å². The van der Waals surface area contributed by atoms with Crippen molar-refractivity contribution in [3.63, 3.8) is 0 Å². The van der Waals surface area contributed by atoms with E-state index in [9.17, 15) is 22.4 Å².